The minimum atomic E-state index is -0.401. The van der Waals surface area contributed by atoms with Crippen molar-refractivity contribution in [1.29, 1.82) is 0 Å². The van der Waals surface area contributed by atoms with Crippen LogP contribution in [0.15, 0.2) is 119 Å². The zero-order valence-corrected chi connectivity index (χ0v) is 27.0. The summed E-state index contributed by atoms with van der Waals surface area (Å²) in [5.41, 5.74) is 3.40. The number of carbonyl (C=O) groups is 2. The average molecular weight is 665 g/mol. The van der Waals surface area contributed by atoms with Gasteiger partial charge in [0.25, 0.3) is 11.8 Å². The van der Waals surface area contributed by atoms with Gasteiger partial charge in [-0.3, -0.25) is 9.59 Å². The zero-order valence-electron chi connectivity index (χ0n) is 26.2. The van der Waals surface area contributed by atoms with Crippen molar-refractivity contribution in [2.45, 2.75) is 30.7 Å². The molecule has 0 saturated heterocycles. The summed E-state index contributed by atoms with van der Waals surface area (Å²) in [6.45, 7) is 0.425. The third-order valence-electron chi connectivity index (χ3n) is 7.70. The molecule has 0 bridgehead atoms. The van der Waals surface area contributed by atoms with Crippen LogP contribution in [0.3, 0.4) is 0 Å². The van der Waals surface area contributed by atoms with Crippen LogP contribution in [-0.4, -0.2) is 56.8 Å². The molecule has 2 amide bonds. The molecule has 10 nitrogen and oxygen atoms in total. The number of amides is 2. The summed E-state index contributed by atoms with van der Waals surface area (Å²) in [4.78, 5) is 26.4. The van der Waals surface area contributed by atoms with Crippen molar-refractivity contribution in [3.05, 3.63) is 138 Å². The Morgan fingerprint density at radius 2 is 1.60 bits per heavy atom. The van der Waals surface area contributed by atoms with Gasteiger partial charge >= 0.3 is 0 Å². The van der Waals surface area contributed by atoms with Crippen LogP contribution in [0.5, 0.6) is 11.5 Å². The first-order chi connectivity index (χ1) is 23.5. The number of benzene rings is 4. The molecule has 1 aliphatic rings. The van der Waals surface area contributed by atoms with Crippen LogP contribution >= 0.6 is 11.8 Å². The van der Waals surface area contributed by atoms with Gasteiger partial charge in [-0.05, 0) is 65.2 Å². The molecule has 0 saturated carbocycles. The number of carbonyl (C=O) groups excluding carboxylic acids is 2. The van der Waals surface area contributed by atoms with Gasteiger partial charge in [-0.15, -0.1) is 10.2 Å². The van der Waals surface area contributed by atoms with Gasteiger partial charge in [0.15, 0.2) is 17.6 Å². The van der Waals surface area contributed by atoms with Crippen molar-refractivity contribution >= 4 is 29.3 Å². The highest BCUT2D eigenvalue weighted by atomic mass is 32.2. The van der Waals surface area contributed by atoms with Gasteiger partial charge in [-0.1, -0.05) is 72.4 Å². The summed E-state index contributed by atoms with van der Waals surface area (Å²) in [6.07, 6.45) is 0.469. The number of hydrogen-bond acceptors (Lipinski definition) is 8. The molecule has 2 heterocycles. The van der Waals surface area contributed by atoms with Gasteiger partial charge in [-0.25, -0.2) is 9.40 Å². The van der Waals surface area contributed by atoms with E-state index in [1.165, 1.54) is 28.9 Å². The molecule has 0 unspecified atom stereocenters. The first-order valence-electron chi connectivity index (χ1n) is 15.3. The third kappa shape index (κ3) is 8.07. The van der Waals surface area contributed by atoms with Crippen LogP contribution in [0.2, 0.25) is 0 Å². The van der Waals surface area contributed by atoms with Gasteiger partial charge in [0.1, 0.15) is 17.3 Å². The van der Waals surface area contributed by atoms with E-state index in [0.717, 1.165) is 28.2 Å². The van der Waals surface area contributed by atoms with E-state index in [1.54, 1.807) is 31.4 Å². The second-order valence-electron chi connectivity index (χ2n) is 10.9. The lowest BCUT2D eigenvalue weighted by Gasteiger charge is -2.22. The largest absolute Gasteiger partial charge is 0.497 e. The summed E-state index contributed by atoms with van der Waals surface area (Å²) in [5.74, 6) is 0.992. The normalized spacial score (nSPS) is 14.0. The van der Waals surface area contributed by atoms with Crippen LogP contribution in [0, 0.1) is 5.82 Å². The Kier molecular flexibility index (Phi) is 10.4. The van der Waals surface area contributed by atoms with Crippen molar-refractivity contribution in [3.8, 4) is 11.5 Å². The maximum Gasteiger partial charge on any atom is 0.258 e. The Balaban J connectivity index is 1.18. The zero-order chi connectivity index (χ0) is 33.3. The lowest BCUT2D eigenvalue weighted by atomic mass is 9.98. The number of thioether (sulfide) groups is 1. The van der Waals surface area contributed by atoms with Gasteiger partial charge in [0.2, 0.25) is 0 Å². The van der Waals surface area contributed by atoms with Crippen molar-refractivity contribution in [2.24, 2.45) is 5.10 Å². The van der Waals surface area contributed by atoms with Gasteiger partial charge in [0, 0.05) is 6.42 Å². The molecule has 6 rings (SSSR count). The number of methoxy groups -OCH3 is 1. The molecule has 1 aliphatic heterocycles. The van der Waals surface area contributed by atoms with Gasteiger partial charge in [-0.2, -0.15) is 5.10 Å². The van der Waals surface area contributed by atoms with Crippen LogP contribution in [0.25, 0.3) is 0 Å². The number of rotatable bonds is 13. The first-order valence-corrected chi connectivity index (χ1v) is 16.3. The predicted octanol–water partition coefficient (Wildman–Crippen LogP) is 5.64. The van der Waals surface area contributed by atoms with Crippen LogP contribution in [0.1, 0.15) is 35.0 Å². The molecule has 4 aromatic carbocycles. The average Bonchev–Trinajstić information content (AvgIpc) is 3.74. The second-order valence-corrected chi connectivity index (χ2v) is 11.9. The number of para-hydroxylation sites is 1. The topological polar surface area (TPSA) is 111 Å². The quantitative estimate of drug-likeness (QED) is 0.162. The highest BCUT2D eigenvalue weighted by Gasteiger charge is 2.33. The predicted molar refractivity (Wildman–Crippen MR) is 180 cm³/mol. The molecule has 1 N–H and O–H groups in total. The van der Waals surface area contributed by atoms with Gasteiger partial charge in [0.05, 0.1) is 37.7 Å². The van der Waals surface area contributed by atoms with E-state index in [2.05, 4.69) is 15.5 Å². The standard InChI is InChI=1S/C36H33FN6O4S/c1-46-29-18-14-26(15-19-29)31-20-32(27-12-16-28(37)17-13-27)43(41-31)35(45)24-48-36-40-39-33(42(36)22-25-8-4-2-5-9-25)21-38-34(44)23-47-30-10-6-3-7-11-30/h2-19,32H,20-24H2,1H3,(H,38,44)/t32-/m1/s1. The van der Waals surface area contributed by atoms with Crippen molar-refractivity contribution < 1.29 is 23.5 Å². The van der Waals surface area contributed by atoms with Crippen LogP contribution in [-0.2, 0) is 22.7 Å². The molecule has 244 valence electrons. The van der Waals surface area contributed by atoms with Crippen LogP contribution in [0.4, 0.5) is 4.39 Å². The number of hydrogen-bond donors (Lipinski definition) is 1. The van der Waals surface area contributed by atoms with Crippen LogP contribution < -0.4 is 14.8 Å². The Morgan fingerprint density at radius 3 is 2.31 bits per heavy atom. The number of ether oxygens (including phenoxy) is 2. The number of nitrogens with one attached hydrogen (secondary N) is 1. The maximum atomic E-state index is 13.8. The monoisotopic (exact) mass is 664 g/mol. The van der Waals surface area contributed by atoms with E-state index < -0.39 is 6.04 Å². The summed E-state index contributed by atoms with van der Waals surface area (Å²) < 4.78 is 26.5. The highest BCUT2D eigenvalue weighted by Crippen LogP contribution is 2.34. The Labute approximate surface area is 281 Å². The summed E-state index contributed by atoms with van der Waals surface area (Å²) in [5, 5.41) is 18.3. The number of halogens is 1. The van der Waals surface area contributed by atoms with E-state index >= 15 is 0 Å². The molecule has 1 aromatic heterocycles. The second kappa shape index (κ2) is 15.4. The lowest BCUT2D eigenvalue weighted by molar-refractivity contribution is -0.130. The Bertz CT molecular complexity index is 1870. The number of aromatic nitrogens is 3. The molecule has 48 heavy (non-hydrogen) atoms. The van der Waals surface area contributed by atoms with E-state index in [4.69, 9.17) is 14.6 Å². The van der Waals surface area contributed by atoms with E-state index in [9.17, 15) is 14.0 Å². The minimum absolute atomic E-state index is 0.0291. The molecule has 0 radical (unpaired) electrons. The number of nitrogens with zero attached hydrogens (tertiary/aromatic N) is 5. The molecule has 5 aromatic rings. The van der Waals surface area contributed by atoms with Crippen molar-refractivity contribution in [1.82, 2.24) is 25.1 Å². The Hall–Kier alpha value is -5.49. The van der Waals surface area contributed by atoms with Crippen molar-refractivity contribution in [2.75, 3.05) is 19.5 Å². The fourth-order valence-electron chi connectivity index (χ4n) is 5.21. The molecule has 0 aliphatic carbocycles. The molecular formula is C36H33FN6O4S. The molecule has 0 fully saturated rings. The molecule has 0 spiro atoms. The summed E-state index contributed by atoms with van der Waals surface area (Å²) in [7, 11) is 1.60. The summed E-state index contributed by atoms with van der Waals surface area (Å²) >= 11 is 1.24. The molecule has 1 atom stereocenters. The van der Waals surface area contributed by atoms with E-state index in [-0.39, 0.29) is 36.5 Å². The molecular weight excluding hydrogens is 631 g/mol. The van der Waals surface area contributed by atoms with Gasteiger partial charge < -0.3 is 19.4 Å². The highest BCUT2D eigenvalue weighted by molar-refractivity contribution is 7.99. The van der Waals surface area contributed by atoms with E-state index in [1.807, 2.05) is 77.4 Å². The smallest absolute Gasteiger partial charge is 0.258 e. The fourth-order valence-corrected chi connectivity index (χ4v) is 6.02. The number of hydrazone groups is 1. The first kappa shape index (κ1) is 32.5. The van der Waals surface area contributed by atoms with Crippen molar-refractivity contribution in [3.63, 3.8) is 0 Å². The lowest BCUT2D eigenvalue weighted by Crippen LogP contribution is -2.30. The third-order valence-corrected chi connectivity index (χ3v) is 8.65. The molecule has 12 heteroatoms. The van der Waals surface area contributed by atoms with E-state index in [0.29, 0.717) is 29.7 Å². The fraction of sp³-hybridized carbons (Fsp3) is 0.194. The minimum Gasteiger partial charge on any atom is -0.497 e. The Morgan fingerprint density at radius 1 is 0.896 bits per heavy atom. The maximum absolute atomic E-state index is 13.8. The SMILES string of the molecule is COc1ccc(C2=NN(C(=O)CSc3nnc(CNC(=O)COc4ccccc4)n3Cc3ccccc3)[C@@H](c3ccc(F)cc3)C2)cc1. The summed E-state index contributed by atoms with van der Waals surface area (Å²) in [6, 6.07) is 32.2.